The summed E-state index contributed by atoms with van der Waals surface area (Å²) in [5.74, 6) is 0.546. The first-order chi connectivity index (χ1) is 13.5. The third-order valence-corrected chi connectivity index (χ3v) is 4.12. The number of carbonyl (C=O) groups excluding carboxylic acids is 2. The topological polar surface area (TPSA) is 74.3 Å². The van der Waals surface area contributed by atoms with Crippen LogP contribution in [0.3, 0.4) is 0 Å². The monoisotopic (exact) mass is 387 g/mol. The highest BCUT2D eigenvalue weighted by molar-refractivity contribution is 5.81. The number of hydrogen-bond acceptors (Lipinski definition) is 6. The van der Waals surface area contributed by atoms with E-state index in [2.05, 4.69) is 0 Å². The zero-order valence-electron chi connectivity index (χ0n) is 16.6. The van der Waals surface area contributed by atoms with Crippen LogP contribution in [0.15, 0.2) is 42.5 Å². The number of carbonyl (C=O) groups is 2. The number of hydrogen-bond donors (Lipinski definition) is 0. The van der Waals surface area contributed by atoms with Crippen molar-refractivity contribution in [2.75, 3.05) is 35.0 Å². The van der Waals surface area contributed by atoms with E-state index in [1.54, 1.807) is 19.2 Å². The molecule has 28 heavy (non-hydrogen) atoms. The van der Waals surface area contributed by atoms with Crippen LogP contribution < -0.4 is 14.2 Å². The summed E-state index contributed by atoms with van der Waals surface area (Å²) in [6.07, 6.45) is -0.0214. The quantitative estimate of drug-likeness (QED) is 0.616. The lowest BCUT2D eigenvalue weighted by molar-refractivity contribution is -0.151. The van der Waals surface area contributed by atoms with Gasteiger partial charge in [-0.2, -0.15) is 0 Å². The number of ether oxygens (including phenoxy) is 4. The summed E-state index contributed by atoms with van der Waals surface area (Å²) in [5, 5.41) is 0. The minimum atomic E-state index is -0.518. The van der Waals surface area contributed by atoms with E-state index < -0.39 is 5.97 Å². The molecule has 0 unspecified atom stereocenters. The van der Waals surface area contributed by atoms with Crippen LogP contribution in [0.4, 0.5) is 0 Å². The first-order valence-electron chi connectivity index (χ1n) is 8.70. The van der Waals surface area contributed by atoms with E-state index in [9.17, 15) is 9.59 Å². The maximum Gasteiger partial charge on any atom is 0.310 e. The summed E-state index contributed by atoms with van der Waals surface area (Å²) in [7, 11) is 6.18. The predicted octanol–water partition coefficient (Wildman–Crippen LogP) is 2.46. The van der Waals surface area contributed by atoms with Gasteiger partial charge >= 0.3 is 5.97 Å². The van der Waals surface area contributed by atoms with Crippen molar-refractivity contribution in [3.8, 4) is 17.2 Å². The summed E-state index contributed by atoms with van der Waals surface area (Å²) < 4.78 is 20.9. The van der Waals surface area contributed by atoms with E-state index in [-0.39, 0.29) is 18.9 Å². The number of likely N-dealkylation sites (N-methyl/N-ethyl adjacent to an activating group) is 1. The van der Waals surface area contributed by atoms with Gasteiger partial charge in [0, 0.05) is 13.6 Å². The molecular formula is C21H25NO6. The van der Waals surface area contributed by atoms with Crippen LogP contribution in [-0.4, -0.2) is 51.8 Å². The maximum absolute atomic E-state index is 12.2. The molecule has 0 spiro atoms. The van der Waals surface area contributed by atoms with E-state index in [1.165, 1.54) is 26.2 Å². The first kappa shape index (κ1) is 21.1. The fourth-order valence-electron chi connectivity index (χ4n) is 2.65. The molecule has 2 aromatic carbocycles. The zero-order chi connectivity index (χ0) is 20.5. The lowest BCUT2D eigenvalue weighted by Crippen LogP contribution is -2.31. The average Bonchev–Trinajstić information content (AvgIpc) is 2.71. The Labute approximate surface area is 164 Å². The lowest BCUT2D eigenvalue weighted by atomic mass is 10.1. The van der Waals surface area contributed by atoms with Gasteiger partial charge in [0.15, 0.2) is 18.1 Å². The highest BCUT2D eigenvalue weighted by atomic mass is 16.5. The second-order valence-electron chi connectivity index (χ2n) is 6.11. The molecule has 0 saturated carbocycles. The Hall–Kier alpha value is -3.22. The summed E-state index contributed by atoms with van der Waals surface area (Å²) in [5.41, 5.74) is 1.63. The number of esters is 1. The van der Waals surface area contributed by atoms with Gasteiger partial charge in [-0.3, -0.25) is 9.59 Å². The van der Waals surface area contributed by atoms with Crippen LogP contribution in [0.25, 0.3) is 0 Å². The molecule has 2 rings (SSSR count). The van der Waals surface area contributed by atoms with Gasteiger partial charge in [-0.1, -0.05) is 30.3 Å². The van der Waals surface area contributed by atoms with Gasteiger partial charge in [-0.15, -0.1) is 0 Å². The molecule has 0 aliphatic rings. The minimum Gasteiger partial charge on any atom is -0.493 e. The minimum absolute atomic E-state index is 0.0214. The second-order valence-corrected chi connectivity index (χ2v) is 6.11. The van der Waals surface area contributed by atoms with Crippen LogP contribution in [-0.2, 0) is 27.3 Å². The van der Waals surface area contributed by atoms with Crippen molar-refractivity contribution < 1.29 is 28.5 Å². The molecular weight excluding hydrogens is 362 g/mol. The summed E-state index contributed by atoms with van der Waals surface area (Å²) >= 11 is 0. The van der Waals surface area contributed by atoms with E-state index in [0.29, 0.717) is 29.4 Å². The highest BCUT2D eigenvalue weighted by Crippen LogP contribution is 2.38. The van der Waals surface area contributed by atoms with Gasteiger partial charge in [0.1, 0.15) is 0 Å². The number of benzene rings is 2. The van der Waals surface area contributed by atoms with Gasteiger partial charge in [-0.05, 0) is 23.3 Å². The molecule has 0 atom stereocenters. The van der Waals surface area contributed by atoms with E-state index >= 15 is 0 Å². The van der Waals surface area contributed by atoms with Crippen molar-refractivity contribution in [3.63, 3.8) is 0 Å². The molecule has 0 saturated heterocycles. The molecule has 0 aliphatic heterocycles. The smallest absolute Gasteiger partial charge is 0.310 e. The molecule has 0 N–H and O–H groups in total. The number of rotatable bonds is 9. The molecule has 150 valence electrons. The summed E-state index contributed by atoms with van der Waals surface area (Å²) in [4.78, 5) is 25.8. The highest BCUT2D eigenvalue weighted by Gasteiger charge is 2.17. The Bertz CT molecular complexity index is 781. The van der Waals surface area contributed by atoms with Gasteiger partial charge in [0.25, 0.3) is 5.91 Å². The molecule has 0 aliphatic carbocycles. The Morgan fingerprint density at radius 2 is 1.50 bits per heavy atom. The Morgan fingerprint density at radius 3 is 2.04 bits per heavy atom. The Morgan fingerprint density at radius 1 is 0.893 bits per heavy atom. The molecule has 0 heterocycles. The number of nitrogens with zero attached hydrogens (tertiary/aromatic N) is 1. The van der Waals surface area contributed by atoms with Gasteiger partial charge in [0.05, 0.1) is 27.8 Å². The van der Waals surface area contributed by atoms with Crippen LogP contribution in [0, 0.1) is 0 Å². The maximum atomic E-state index is 12.2. The number of amides is 1. The molecule has 7 heteroatoms. The fraction of sp³-hybridized carbons (Fsp3) is 0.333. The lowest BCUT2D eigenvalue weighted by Gasteiger charge is -2.17. The summed E-state index contributed by atoms with van der Waals surface area (Å²) in [6, 6.07) is 12.9. The zero-order valence-corrected chi connectivity index (χ0v) is 16.6. The normalized spacial score (nSPS) is 10.1. The predicted molar refractivity (Wildman–Crippen MR) is 104 cm³/mol. The van der Waals surface area contributed by atoms with Crippen LogP contribution in [0.2, 0.25) is 0 Å². The molecule has 0 aromatic heterocycles. The van der Waals surface area contributed by atoms with Crippen molar-refractivity contribution in [1.82, 2.24) is 4.90 Å². The van der Waals surface area contributed by atoms with Crippen LogP contribution in [0.1, 0.15) is 11.1 Å². The molecule has 0 bridgehead atoms. The summed E-state index contributed by atoms with van der Waals surface area (Å²) in [6.45, 7) is 0.136. The van der Waals surface area contributed by atoms with Crippen molar-refractivity contribution in [3.05, 3.63) is 53.6 Å². The van der Waals surface area contributed by atoms with E-state index in [4.69, 9.17) is 18.9 Å². The Balaban J connectivity index is 1.92. The SMILES string of the molecule is COc1cc(CC(=O)OCC(=O)N(C)Cc2ccccc2)cc(OC)c1OC. The fourth-order valence-corrected chi connectivity index (χ4v) is 2.65. The first-order valence-corrected chi connectivity index (χ1v) is 8.70. The second kappa shape index (κ2) is 10.2. The van der Waals surface area contributed by atoms with Gasteiger partial charge < -0.3 is 23.8 Å². The molecule has 7 nitrogen and oxygen atoms in total. The number of methoxy groups -OCH3 is 3. The van der Waals surface area contributed by atoms with Crippen LogP contribution >= 0.6 is 0 Å². The van der Waals surface area contributed by atoms with E-state index in [1.807, 2.05) is 30.3 Å². The Kier molecular flexibility index (Phi) is 7.68. The third kappa shape index (κ3) is 5.64. The van der Waals surface area contributed by atoms with Crippen molar-refractivity contribution >= 4 is 11.9 Å². The van der Waals surface area contributed by atoms with Crippen molar-refractivity contribution in [2.24, 2.45) is 0 Å². The molecule has 0 radical (unpaired) electrons. The standard InChI is InChI=1S/C21H25NO6/c1-22(13-15-8-6-5-7-9-15)19(23)14-28-20(24)12-16-10-17(25-2)21(27-4)18(11-16)26-3/h5-11H,12-14H2,1-4H3. The third-order valence-electron chi connectivity index (χ3n) is 4.12. The van der Waals surface area contributed by atoms with Crippen LogP contribution in [0.5, 0.6) is 17.2 Å². The molecule has 0 fully saturated rings. The largest absolute Gasteiger partial charge is 0.493 e. The van der Waals surface area contributed by atoms with E-state index in [0.717, 1.165) is 5.56 Å². The average molecular weight is 387 g/mol. The molecule has 2 aromatic rings. The van der Waals surface area contributed by atoms with Crippen molar-refractivity contribution in [1.29, 1.82) is 0 Å². The molecule has 1 amide bonds. The van der Waals surface area contributed by atoms with Gasteiger partial charge in [-0.25, -0.2) is 0 Å². The van der Waals surface area contributed by atoms with Crippen molar-refractivity contribution in [2.45, 2.75) is 13.0 Å². The van der Waals surface area contributed by atoms with Gasteiger partial charge in [0.2, 0.25) is 5.75 Å².